The van der Waals surface area contributed by atoms with Gasteiger partial charge in [-0.1, -0.05) is 16.8 Å². The zero-order valence-electron chi connectivity index (χ0n) is 8.30. The summed E-state index contributed by atoms with van der Waals surface area (Å²) >= 11 is 0. The van der Waals surface area contributed by atoms with E-state index in [4.69, 9.17) is 10.3 Å². The molecular weight excluding hydrogens is 182 g/mol. The molecular formula is C9H13N3O2. The van der Waals surface area contributed by atoms with Gasteiger partial charge in [0.15, 0.2) is 0 Å². The van der Waals surface area contributed by atoms with Crippen LogP contribution in [0.15, 0.2) is 16.8 Å². The molecule has 0 radical (unpaired) electrons. The summed E-state index contributed by atoms with van der Waals surface area (Å²) in [5.41, 5.74) is 9.39. The lowest BCUT2D eigenvalue weighted by Crippen LogP contribution is -2.12. The molecule has 2 atom stereocenters. The summed E-state index contributed by atoms with van der Waals surface area (Å²) in [5.74, 6) is -0.0700. The van der Waals surface area contributed by atoms with Crippen molar-refractivity contribution in [2.24, 2.45) is 11.0 Å². The molecule has 0 aromatic rings. The lowest BCUT2D eigenvalue weighted by Gasteiger charge is -2.11. The van der Waals surface area contributed by atoms with Crippen LogP contribution in [-0.2, 0) is 9.53 Å². The van der Waals surface area contributed by atoms with E-state index in [1.165, 1.54) is 6.92 Å². The molecule has 5 heteroatoms. The molecule has 0 unspecified atom stereocenters. The van der Waals surface area contributed by atoms with Crippen molar-refractivity contribution in [1.29, 1.82) is 0 Å². The van der Waals surface area contributed by atoms with E-state index >= 15 is 0 Å². The minimum atomic E-state index is -0.273. The van der Waals surface area contributed by atoms with E-state index in [1.807, 2.05) is 13.0 Å². The SMILES string of the molecule is CC(=O)OC[C@H]1C[C@@H](N=[N+]=[N-])C=C1C. The smallest absolute Gasteiger partial charge is 0.302 e. The minimum Gasteiger partial charge on any atom is -0.465 e. The zero-order valence-corrected chi connectivity index (χ0v) is 8.30. The molecule has 1 aliphatic rings. The van der Waals surface area contributed by atoms with Crippen LogP contribution >= 0.6 is 0 Å². The predicted octanol–water partition coefficient (Wildman–Crippen LogP) is 2.19. The molecule has 0 spiro atoms. The molecule has 0 fully saturated rings. The molecule has 5 nitrogen and oxygen atoms in total. The maximum absolute atomic E-state index is 10.6. The van der Waals surface area contributed by atoms with Gasteiger partial charge in [0, 0.05) is 17.8 Å². The molecule has 0 N–H and O–H groups in total. The predicted molar refractivity (Wildman–Crippen MR) is 51.4 cm³/mol. The van der Waals surface area contributed by atoms with Crippen molar-refractivity contribution in [3.05, 3.63) is 22.1 Å². The number of azide groups is 1. The maximum atomic E-state index is 10.6. The van der Waals surface area contributed by atoms with E-state index in [9.17, 15) is 4.79 Å². The maximum Gasteiger partial charge on any atom is 0.302 e. The monoisotopic (exact) mass is 195 g/mol. The average Bonchev–Trinajstić information content (AvgIpc) is 2.44. The van der Waals surface area contributed by atoms with E-state index in [0.29, 0.717) is 6.61 Å². The second-order valence-corrected chi connectivity index (χ2v) is 3.42. The van der Waals surface area contributed by atoms with Gasteiger partial charge in [0.1, 0.15) is 0 Å². The van der Waals surface area contributed by atoms with Crippen molar-refractivity contribution in [3.63, 3.8) is 0 Å². The Morgan fingerprint density at radius 1 is 1.86 bits per heavy atom. The molecule has 14 heavy (non-hydrogen) atoms. The minimum absolute atomic E-state index is 0.0828. The van der Waals surface area contributed by atoms with Gasteiger partial charge >= 0.3 is 5.97 Å². The van der Waals surface area contributed by atoms with Crippen molar-refractivity contribution in [2.45, 2.75) is 26.3 Å². The van der Waals surface area contributed by atoms with Crippen LogP contribution in [0.25, 0.3) is 10.4 Å². The van der Waals surface area contributed by atoms with Gasteiger partial charge in [-0.3, -0.25) is 4.79 Å². The van der Waals surface area contributed by atoms with Gasteiger partial charge in [-0.15, -0.1) is 0 Å². The van der Waals surface area contributed by atoms with E-state index < -0.39 is 0 Å². The summed E-state index contributed by atoms with van der Waals surface area (Å²) in [6.45, 7) is 3.73. The number of esters is 1. The van der Waals surface area contributed by atoms with Crippen LogP contribution in [0, 0.1) is 5.92 Å². The van der Waals surface area contributed by atoms with Crippen molar-refractivity contribution in [1.82, 2.24) is 0 Å². The number of rotatable bonds is 3. The molecule has 76 valence electrons. The summed E-state index contributed by atoms with van der Waals surface area (Å²) in [6, 6.07) is -0.0828. The molecule has 1 rings (SSSR count). The topological polar surface area (TPSA) is 75.1 Å². The Morgan fingerprint density at radius 3 is 3.14 bits per heavy atom. The molecule has 0 aromatic heterocycles. The van der Waals surface area contributed by atoms with Crippen LogP contribution in [0.2, 0.25) is 0 Å². The third-order valence-corrected chi connectivity index (χ3v) is 2.31. The highest BCUT2D eigenvalue weighted by atomic mass is 16.5. The van der Waals surface area contributed by atoms with Crippen LogP contribution in [0.5, 0.6) is 0 Å². The highest BCUT2D eigenvalue weighted by Crippen LogP contribution is 2.27. The van der Waals surface area contributed by atoms with Gasteiger partial charge in [-0.2, -0.15) is 0 Å². The van der Waals surface area contributed by atoms with E-state index in [0.717, 1.165) is 12.0 Å². The third kappa shape index (κ3) is 2.78. The van der Waals surface area contributed by atoms with Crippen molar-refractivity contribution < 1.29 is 9.53 Å². The number of hydrogen-bond acceptors (Lipinski definition) is 3. The van der Waals surface area contributed by atoms with Crippen LogP contribution in [-0.4, -0.2) is 18.6 Å². The first-order chi connectivity index (χ1) is 6.63. The second-order valence-electron chi connectivity index (χ2n) is 3.42. The molecule has 0 amide bonds. The molecule has 0 bridgehead atoms. The third-order valence-electron chi connectivity index (χ3n) is 2.31. The number of nitrogens with zero attached hydrogens (tertiary/aromatic N) is 3. The lowest BCUT2D eigenvalue weighted by molar-refractivity contribution is -0.141. The highest BCUT2D eigenvalue weighted by molar-refractivity contribution is 5.65. The normalized spacial score (nSPS) is 25.1. The number of carbonyl (C=O) groups is 1. The number of ether oxygens (including phenoxy) is 1. The molecule has 0 aromatic carbocycles. The molecule has 1 aliphatic carbocycles. The van der Waals surface area contributed by atoms with E-state index in [-0.39, 0.29) is 17.9 Å². The second kappa shape index (κ2) is 4.67. The zero-order chi connectivity index (χ0) is 10.6. The van der Waals surface area contributed by atoms with Gasteiger partial charge in [0.2, 0.25) is 0 Å². The summed E-state index contributed by atoms with van der Waals surface area (Å²) in [6.07, 6.45) is 2.66. The van der Waals surface area contributed by atoms with Crippen molar-refractivity contribution in [3.8, 4) is 0 Å². The van der Waals surface area contributed by atoms with Crippen molar-refractivity contribution >= 4 is 5.97 Å². The first-order valence-corrected chi connectivity index (χ1v) is 4.49. The van der Waals surface area contributed by atoms with Gasteiger partial charge in [0.05, 0.1) is 12.6 Å². The summed E-state index contributed by atoms with van der Waals surface area (Å²) in [5, 5.41) is 3.62. The highest BCUT2D eigenvalue weighted by Gasteiger charge is 2.23. The fourth-order valence-corrected chi connectivity index (χ4v) is 1.55. The fourth-order valence-electron chi connectivity index (χ4n) is 1.55. The Morgan fingerprint density at radius 2 is 2.57 bits per heavy atom. The Labute approximate surface area is 82.4 Å². The van der Waals surface area contributed by atoms with Gasteiger partial charge < -0.3 is 4.74 Å². The number of carbonyl (C=O) groups excluding carboxylic acids is 1. The van der Waals surface area contributed by atoms with Gasteiger partial charge in [0.25, 0.3) is 0 Å². The van der Waals surface area contributed by atoms with E-state index in [1.54, 1.807) is 0 Å². The molecule has 0 saturated heterocycles. The first-order valence-electron chi connectivity index (χ1n) is 4.49. The Hall–Kier alpha value is -1.48. The molecule has 0 heterocycles. The van der Waals surface area contributed by atoms with Gasteiger partial charge in [-0.05, 0) is 18.9 Å². The average molecular weight is 195 g/mol. The van der Waals surface area contributed by atoms with Crippen LogP contribution in [0.4, 0.5) is 0 Å². The summed E-state index contributed by atoms with van der Waals surface area (Å²) in [4.78, 5) is 13.3. The summed E-state index contributed by atoms with van der Waals surface area (Å²) in [7, 11) is 0. The van der Waals surface area contributed by atoms with Crippen LogP contribution in [0.3, 0.4) is 0 Å². The molecule has 0 aliphatic heterocycles. The van der Waals surface area contributed by atoms with Crippen LogP contribution in [0.1, 0.15) is 20.3 Å². The standard InChI is InChI=1S/C9H13N3O2/c1-6-3-9(11-12-10)4-8(6)5-14-7(2)13/h3,8-9H,4-5H2,1-2H3/t8-,9+/m1/s1. The Balaban J connectivity index is 2.47. The number of hydrogen-bond donors (Lipinski definition) is 0. The largest absolute Gasteiger partial charge is 0.465 e. The fraction of sp³-hybridized carbons (Fsp3) is 0.667. The molecule has 0 saturated carbocycles. The van der Waals surface area contributed by atoms with Gasteiger partial charge in [-0.25, -0.2) is 0 Å². The van der Waals surface area contributed by atoms with Crippen molar-refractivity contribution in [2.75, 3.05) is 6.61 Å². The van der Waals surface area contributed by atoms with E-state index in [2.05, 4.69) is 10.0 Å². The summed E-state index contributed by atoms with van der Waals surface area (Å²) < 4.78 is 4.91. The van der Waals surface area contributed by atoms with Crippen LogP contribution < -0.4 is 0 Å². The Kier molecular flexibility index (Phi) is 3.54. The quantitative estimate of drug-likeness (QED) is 0.227. The Bertz CT molecular complexity index is 305. The first kappa shape index (κ1) is 10.6. The lowest BCUT2D eigenvalue weighted by atomic mass is 10.0.